The molecule has 0 N–H and O–H groups in total. The molecule has 2 atom stereocenters. The Bertz CT molecular complexity index is 134. The zero-order valence-corrected chi connectivity index (χ0v) is 9.08. The summed E-state index contributed by atoms with van der Waals surface area (Å²) in [5.41, 5.74) is 0. The molecule has 0 aromatic rings. The molecule has 13 heavy (non-hydrogen) atoms. The molecule has 1 heterocycles. The van der Waals surface area contributed by atoms with Gasteiger partial charge in [-0.05, 0) is 18.3 Å². The molecule has 0 spiro atoms. The van der Waals surface area contributed by atoms with Crippen molar-refractivity contribution in [1.82, 2.24) is 0 Å². The summed E-state index contributed by atoms with van der Waals surface area (Å²) in [6.07, 6.45) is 3.51. The molecule has 0 aromatic carbocycles. The Kier molecular flexibility index (Phi) is 4.74. The lowest BCUT2D eigenvalue weighted by atomic mass is 9.95. The Labute approximate surface area is 81.6 Å². The fourth-order valence-corrected chi connectivity index (χ4v) is 1.55. The van der Waals surface area contributed by atoms with Gasteiger partial charge in [0, 0.05) is 13.0 Å². The zero-order chi connectivity index (χ0) is 9.68. The Hall–Kier alpha value is -0.0800. The largest absolute Gasteiger partial charge is 0.353 e. The fraction of sp³-hybridized carbons (Fsp3) is 1.00. The molecule has 1 fully saturated rings. The molecule has 0 aromatic heterocycles. The van der Waals surface area contributed by atoms with Gasteiger partial charge in [-0.2, -0.15) is 0 Å². The van der Waals surface area contributed by atoms with Crippen LogP contribution in [0.5, 0.6) is 0 Å². The Morgan fingerprint density at radius 3 is 2.77 bits per heavy atom. The van der Waals surface area contributed by atoms with Crippen LogP contribution in [0.15, 0.2) is 0 Å². The van der Waals surface area contributed by atoms with E-state index in [9.17, 15) is 0 Å². The van der Waals surface area contributed by atoms with E-state index in [-0.39, 0.29) is 6.29 Å². The number of hydrogen-bond acceptors (Lipinski definition) is 2. The predicted octanol–water partition coefficient (Wildman–Crippen LogP) is 2.82. The second-order valence-electron chi connectivity index (χ2n) is 4.23. The third-order valence-electron chi connectivity index (χ3n) is 2.74. The third kappa shape index (κ3) is 3.65. The molecule has 0 bridgehead atoms. The highest BCUT2D eigenvalue weighted by Crippen LogP contribution is 2.26. The van der Waals surface area contributed by atoms with E-state index in [1.807, 2.05) is 0 Å². The highest BCUT2D eigenvalue weighted by Gasteiger charge is 2.27. The Morgan fingerprint density at radius 1 is 1.46 bits per heavy atom. The molecule has 0 radical (unpaired) electrons. The van der Waals surface area contributed by atoms with Gasteiger partial charge >= 0.3 is 0 Å². The van der Waals surface area contributed by atoms with Crippen LogP contribution in [0.4, 0.5) is 0 Å². The minimum Gasteiger partial charge on any atom is -0.353 e. The summed E-state index contributed by atoms with van der Waals surface area (Å²) >= 11 is 0. The SMILES string of the molecule is CCCCO[C@H]1C[C@@H](C(C)C)CO1. The first kappa shape index (κ1) is 11.0. The Balaban J connectivity index is 2.10. The van der Waals surface area contributed by atoms with Crippen molar-refractivity contribution >= 4 is 0 Å². The molecule has 2 heteroatoms. The quantitative estimate of drug-likeness (QED) is 0.615. The van der Waals surface area contributed by atoms with Crippen LogP contribution in [0.25, 0.3) is 0 Å². The highest BCUT2D eigenvalue weighted by molar-refractivity contribution is 4.70. The summed E-state index contributed by atoms with van der Waals surface area (Å²) in [5.74, 6) is 1.42. The van der Waals surface area contributed by atoms with Crippen molar-refractivity contribution in [2.24, 2.45) is 11.8 Å². The lowest BCUT2D eigenvalue weighted by molar-refractivity contribution is -0.111. The molecule has 78 valence electrons. The second-order valence-corrected chi connectivity index (χ2v) is 4.23. The monoisotopic (exact) mass is 186 g/mol. The molecule has 0 aliphatic carbocycles. The maximum Gasteiger partial charge on any atom is 0.157 e. The van der Waals surface area contributed by atoms with Crippen molar-refractivity contribution in [1.29, 1.82) is 0 Å². The molecular formula is C11H22O2. The van der Waals surface area contributed by atoms with Gasteiger partial charge in [-0.25, -0.2) is 0 Å². The summed E-state index contributed by atoms with van der Waals surface area (Å²) in [4.78, 5) is 0. The van der Waals surface area contributed by atoms with Gasteiger partial charge in [-0.1, -0.05) is 27.2 Å². The summed E-state index contributed by atoms with van der Waals surface area (Å²) in [5, 5.41) is 0. The first-order valence-electron chi connectivity index (χ1n) is 5.47. The zero-order valence-electron chi connectivity index (χ0n) is 9.08. The molecule has 1 aliphatic heterocycles. The molecule has 1 rings (SSSR count). The van der Waals surface area contributed by atoms with Crippen LogP contribution < -0.4 is 0 Å². The number of unbranched alkanes of at least 4 members (excludes halogenated alkanes) is 1. The number of hydrogen-bond donors (Lipinski definition) is 0. The van der Waals surface area contributed by atoms with Gasteiger partial charge in [0.1, 0.15) is 0 Å². The smallest absolute Gasteiger partial charge is 0.157 e. The Morgan fingerprint density at radius 2 is 2.23 bits per heavy atom. The van der Waals surface area contributed by atoms with Crippen LogP contribution in [-0.4, -0.2) is 19.5 Å². The van der Waals surface area contributed by atoms with Crippen LogP contribution in [0.1, 0.15) is 40.0 Å². The van der Waals surface area contributed by atoms with Crippen molar-refractivity contribution in [2.45, 2.75) is 46.3 Å². The standard InChI is InChI=1S/C11H22O2/c1-4-5-6-12-11-7-10(8-13-11)9(2)3/h9-11H,4-8H2,1-3H3/t10-,11-/m1/s1. The number of rotatable bonds is 5. The van der Waals surface area contributed by atoms with Gasteiger partial charge in [0.05, 0.1) is 6.61 Å². The molecule has 1 saturated heterocycles. The summed E-state index contributed by atoms with van der Waals surface area (Å²) in [6.45, 7) is 8.42. The third-order valence-corrected chi connectivity index (χ3v) is 2.74. The fourth-order valence-electron chi connectivity index (χ4n) is 1.55. The average Bonchev–Trinajstić information content (AvgIpc) is 2.53. The molecule has 0 unspecified atom stereocenters. The lowest BCUT2D eigenvalue weighted by Gasteiger charge is -2.12. The van der Waals surface area contributed by atoms with Crippen molar-refractivity contribution in [2.75, 3.05) is 13.2 Å². The van der Waals surface area contributed by atoms with E-state index in [4.69, 9.17) is 9.47 Å². The van der Waals surface area contributed by atoms with E-state index < -0.39 is 0 Å². The number of ether oxygens (including phenoxy) is 2. The van der Waals surface area contributed by atoms with E-state index in [0.717, 1.165) is 32.0 Å². The van der Waals surface area contributed by atoms with Crippen molar-refractivity contribution in [3.8, 4) is 0 Å². The topological polar surface area (TPSA) is 18.5 Å². The lowest BCUT2D eigenvalue weighted by Crippen LogP contribution is -2.12. The minimum atomic E-state index is 0.0824. The van der Waals surface area contributed by atoms with Gasteiger partial charge in [0.2, 0.25) is 0 Å². The maximum atomic E-state index is 5.60. The van der Waals surface area contributed by atoms with Crippen LogP contribution in [-0.2, 0) is 9.47 Å². The molecule has 1 aliphatic rings. The van der Waals surface area contributed by atoms with E-state index in [1.54, 1.807) is 0 Å². The van der Waals surface area contributed by atoms with Gasteiger partial charge in [0.15, 0.2) is 6.29 Å². The van der Waals surface area contributed by atoms with E-state index in [0.29, 0.717) is 5.92 Å². The first-order valence-corrected chi connectivity index (χ1v) is 5.47. The van der Waals surface area contributed by atoms with Crippen molar-refractivity contribution in [3.05, 3.63) is 0 Å². The summed E-state index contributed by atoms with van der Waals surface area (Å²) < 4.78 is 11.2. The average molecular weight is 186 g/mol. The molecular weight excluding hydrogens is 164 g/mol. The van der Waals surface area contributed by atoms with Crippen LogP contribution >= 0.6 is 0 Å². The van der Waals surface area contributed by atoms with Crippen LogP contribution in [0.2, 0.25) is 0 Å². The second kappa shape index (κ2) is 5.61. The van der Waals surface area contributed by atoms with E-state index in [1.165, 1.54) is 6.42 Å². The highest BCUT2D eigenvalue weighted by atomic mass is 16.7. The van der Waals surface area contributed by atoms with E-state index in [2.05, 4.69) is 20.8 Å². The minimum absolute atomic E-state index is 0.0824. The molecule has 2 nitrogen and oxygen atoms in total. The van der Waals surface area contributed by atoms with Crippen LogP contribution in [0.3, 0.4) is 0 Å². The maximum absolute atomic E-state index is 5.60. The van der Waals surface area contributed by atoms with Crippen molar-refractivity contribution < 1.29 is 9.47 Å². The van der Waals surface area contributed by atoms with Gasteiger partial charge < -0.3 is 9.47 Å². The van der Waals surface area contributed by atoms with Gasteiger partial charge in [-0.3, -0.25) is 0 Å². The molecule has 0 amide bonds. The predicted molar refractivity (Wildman–Crippen MR) is 53.5 cm³/mol. The van der Waals surface area contributed by atoms with Gasteiger partial charge in [0.25, 0.3) is 0 Å². The first-order chi connectivity index (χ1) is 6.24. The van der Waals surface area contributed by atoms with Crippen LogP contribution in [0, 0.1) is 11.8 Å². The van der Waals surface area contributed by atoms with Gasteiger partial charge in [-0.15, -0.1) is 0 Å². The summed E-state index contributed by atoms with van der Waals surface area (Å²) in [7, 11) is 0. The van der Waals surface area contributed by atoms with Crippen molar-refractivity contribution in [3.63, 3.8) is 0 Å². The normalized spacial score (nSPS) is 28.6. The summed E-state index contributed by atoms with van der Waals surface area (Å²) in [6, 6.07) is 0. The van der Waals surface area contributed by atoms with E-state index >= 15 is 0 Å². The molecule has 0 saturated carbocycles.